The van der Waals surface area contributed by atoms with Gasteiger partial charge in [0.1, 0.15) is 5.82 Å². The summed E-state index contributed by atoms with van der Waals surface area (Å²) in [7, 11) is 0. The first-order valence-electron chi connectivity index (χ1n) is 7.26. The maximum Gasteiger partial charge on any atom is 0.211 e. The molecule has 0 aliphatic heterocycles. The molecule has 108 valence electrons. The van der Waals surface area contributed by atoms with Crippen LogP contribution in [0.15, 0.2) is 30.6 Å². The molecule has 0 bridgehead atoms. The normalized spacial score (nSPS) is 16.1. The molecule has 1 aliphatic rings. The minimum absolute atomic E-state index is 0.188. The molecule has 1 saturated carbocycles. The molecule has 1 N–H and O–H groups in total. The molecule has 1 fully saturated rings. The summed E-state index contributed by atoms with van der Waals surface area (Å²) in [6, 6.07) is 6.23. The van der Waals surface area contributed by atoms with Crippen molar-refractivity contribution in [2.45, 2.75) is 38.5 Å². The van der Waals surface area contributed by atoms with E-state index in [1.54, 1.807) is 0 Å². The second kappa shape index (κ2) is 5.28. The Kier molecular flexibility index (Phi) is 3.45. The summed E-state index contributed by atoms with van der Waals surface area (Å²) in [6.45, 7) is 4.13. The van der Waals surface area contributed by atoms with Crippen LogP contribution >= 0.6 is 0 Å². The van der Waals surface area contributed by atoms with Crippen molar-refractivity contribution in [2.24, 2.45) is 0 Å². The molecule has 0 radical (unpaired) electrons. The number of nitrogens with zero attached hydrogens (tertiary/aromatic N) is 2. The van der Waals surface area contributed by atoms with Crippen LogP contribution in [-0.4, -0.2) is 16.4 Å². The Bertz CT molecular complexity index is 660. The fourth-order valence-electron chi connectivity index (χ4n) is 2.95. The molecular weight excluding hydrogens is 262 g/mol. The molecule has 1 aromatic carbocycles. The van der Waals surface area contributed by atoms with E-state index in [4.69, 9.17) is 0 Å². The van der Waals surface area contributed by atoms with Crippen LogP contribution in [0.2, 0.25) is 0 Å². The van der Waals surface area contributed by atoms with Crippen LogP contribution in [0.5, 0.6) is 0 Å². The maximum atomic E-state index is 10.9. The molecular formula is C17H19N3O. The third-order valence-electron chi connectivity index (χ3n) is 4.46. The first-order valence-corrected chi connectivity index (χ1v) is 7.26. The number of amides is 1. The number of anilines is 1. The van der Waals surface area contributed by atoms with Gasteiger partial charge < -0.3 is 5.32 Å². The van der Waals surface area contributed by atoms with Crippen molar-refractivity contribution in [3.63, 3.8) is 0 Å². The van der Waals surface area contributed by atoms with Gasteiger partial charge in [0.2, 0.25) is 6.41 Å². The molecule has 3 rings (SSSR count). The summed E-state index contributed by atoms with van der Waals surface area (Å²) >= 11 is 0. The Hall–Kier alpha value is -2.23. The lowest BCUT2D eigenvalue weighted by molar-refractivity contribution is -0.105. The van der Waals surface area contributed by atoms with E-state index >= 15 is 0 Å². The van der Waals surface area contributed by atoms with Crippen LogP contribution in [-0.2, 0) is 10.2 Å². The fraction of sp³-hybridized carbons (Fsp3) is 0.353. The van der Waals surface area contributed by atoms with E-state index in [1.807, 2.05) is 25.4 Å². The maximum absolute atomic E-state index is 10.9. The molecule has 1 amide bonds. The Morgan fingerprint density at radius 1 is 1.19 bits per heavy atom. The molecule has 21 heavy (non-hydrogen) atoms. The third-order valence-corrected chi connectivity index (χ3v) is 4.46. The van der Waals surface area contributed by atoms with Crippen molar-refractivity contribution in [2.75, 3.05) is 5.32 Å². The summed E-state index contributed by atoms with van der Waals surface area (Å²) in [5.74, 6) is 0.753. The molecule has 4 nitrogen and oxygen atoms in total. The highest BCUT2D eigenvalue weighted by Crippen LogP contribution is 2.46. The van der Waals surface area contributed by atoms with Gasteiger partial charge in [-0.1, -0.05) is 25.5 Å². The first kappa shape index (κ1) is 13.7. The van der Waals surface area contributed by atoms with Crippen LogP contribution < -0.4 is 5.32 Å². The minimum Gasteiger partial charge on any atom is -0.328 e. The van der Waals surface area contributed by atoms with E-state index in [0.29, 0.717) is 0 Å². The number of benzene rings is 1. The first-order chi connectivity index (χ1) is 10.1. The van der Waals surface area contributed by atoms with E-state index in [-0.39, 0.29) is 5.41 Å². The Balaban J connectivity index is 2.02. The highest BCUT2D eigenvalue weighted by molar-refractivity contribution is 5.78. The molecule has 1 aromatic heterocycles. The molecule has 0 atom stereocenters. The number of hydrogen-bond donors (Lipinski definition) is 1. The van der Waals surface area contributed by atoms with Gasteiger partial charge in [-0.25, -0.2) is 9.97 Å². The van der Waals surface area contributed by atoms with Gasteiger partial charge in [-0.3, -0.25) is 4.79 Å². The number of nitrogens with one attached hydrogen (secondary N) is 1. The van der Waals surface area contributed by atoms with Crippen molar-refractivity contribution in [1.29, 1.82) is 0 Å². The predicted octanol–water partition coefficient (Wildman–Crippen LogP) is 3.46. The zero-order valence-electron chi connectivity index (χ0n) is 12.4. The van der Waals surface area contributed by atoms with Gasteiger partial charge in [-0.15, -0.1) is 0 Å². The SMILES string of the molecule is Cc1ncc(-c2ccc(C3(C)CCC3)c(NC=O)c2)cn1. The van der Waals surface area contributed by atoms with Crippen molar-refractivity contribution >= 4 is 12.1 Å². The van der Waals surface area contributed by atoms with Crippen LogP contribution in [0, 0.1) is 6.92 Å². The average molecular weight is 281 g/mol. The van der Waals surface area contributed by atoms with Gasteiger partial charge in [0.05, 0.1) is 0 Å². The molecule has 1 aliphatic carbocycles. The van der Waals surface area contributed by atoms with E-state index in [1.165, 1.54) is 24.8 Å². The van der Waals surface area contributed by atoms with Gasteiger partial charge in [0, 0.05) is 23.6 Å². The number of aryl methyl sites for hydroxylation is 1. The second-order valence-corrected chi connectivity index (χ2v) is 5.96. The number of hydrogen-bond acceptors (Lipinski definition) is 3. The third kappa shape index (κ3) is 2.53. The zero-order chi connectivity index (χ0) is 14.9. The Morgan fingerprint density at radius 3 is 2.48 bits per heavy atom. The van der Waals surface area contributed by atoms with Crippen molar-refractivity contribution in [1.82, 2.24) is 9.97 Å². The monoisotopic (exact) mass is 281 g/mol. The quantitative estimate of drug-likeness (QED) is 0.873. The molecule has 0 spiro atoms. The lowest BCUT2D eigenvalue weighted by atomic mass is 9.65. The van der Waals surface area contributed by atoms with E-state index in [9.17, 15) is 4.79 Å². The van der Waals surface area contributed by atoms with Crippen LogP contribution in [0.1, 0.15) is 37.6 Å². The molecule has 0 saturated heterocycles. The lowest BCUT2D eigenvalue weighted by Gasteiger charge is -2.40. The number of aromatic nitrogens is 2. The largest absolute Gasteiger partial charge is 0.328 e. The molecule has 1 heterocycles. The van der Waals surface area contributed by atoms with Gasteiger partial charge in [-0.2, -0.15) is 0 Å². The summed E-state index contributed by atoms with van der Waals surface area (Å²) in [5.41, 5.74) is 4.28. The highest BCUT2D eigenvalue weighted by atomic mass is 16.1. The Labute approximate surface area is 124 Å². The topological polar surface area (TPSA) is 54.9 Å². The minimum atomic E-state index is 0.188. The molecule has 2 aromatic rings. The predicted molar refractivity (Wildman–Crippen MR) is 83.1 cm³/mol. The number of carbonyl (C=O) groups excluding carboxylic acids is 1. The molecule has 0 unspecified atom stereocenters. The van der Waals surface area contributed by atoms with Crippen molar-refractivity contribution in [3.8, 4) is 11.1 Å². The smallest absolute Gasteiger partial charge is 0.211 e. The fourth-order valence-corrected chi connectivity index (χ4v) is 2.95. The summed E-state index contributed by atoms with van der Waals surface area (Å²) in [4.78, 5) is 19.4. The van der Waals surface area contributed by atoms with Crippen LogP contribution in [0.25, 0.3) is 11.1 Å². The van der Waals surface area contributed by atoms with Crippen LogP contribution in [0.4, 0.5) is 5.69 Å². The number of carbonyl (C=O) groups is 1. The van der Waals surface area contributed by atoms with Crippen molar-refractivity contribution < 1.29 is 4.79 Å². The second-order valence-electron chi connectivity index (χ2n) is 5.96. The molecule has 4 heteroatoms. The van der Waals surface area contributed by atoms with Gasteiger partial charge >= 0.3 is 0 Å². The summed E-state index contributed by atoms with van der Waals surface area (Å²) in [6.07, 6.45) is 7.97. The van der Waals surface area contributed by atoms with Gasteiger partial charge in [0.15, 0.2) is 0 Å². The van der Waals surface area contributed by atoms with E-state index in [2.05, 4.69) is 34.3 Å². The Morgan fingerprint density at radius 2 is 1.90 bits per heavy atom. The summed E-state index contributed by atoms with van der Waals surface area (Å²) < 4.78 is 0. The highest BCUT2D eigenvalue weighted by Gasteiger charge is 2.35. The van der Waals surface area contributed by atoms with Gasteiger partial charge in [0.25, 0.3) is 0 Å². The van der Waals surface area contributed by atoms with Crippen LogP contribution in [0.3, 0.4) is 0 Å². The van der Waals surface area contributed by atoms with E-state index < -0.39 is 0 Å². The van der Waals surface area contributed by atoms with Crippen molar-refractivity contribution in [3.05, 3.63) is 42.0 Å². The average Bonchev–Trinajstić information content (AvgIpc) is 2.46. The lowest BCUT2D eigenvalue weighted by Crippen LogP contribution is -2.31. The summed E-state index contributed by atoms with van der Waals surface area (Å²) in [5, 5.41) is 2.85. The number of rotatable bonds is 4. The van der Waals surface area contributed by atoms with E-state index in [0.717, 1.165) is 29.0 Å². The zero-order valence-corrected chi connectivity index (χ0v) is 12.4. The standard InChI is InChI=1S/C17H19N3O/c1-12-18-9-14(10-19-12)13-4-5-15(16(8-13)20-11-21)17(2)6-3-7-17/h4-5,8-11H,3,6-7H2,1-2H3,(H,20,21). The van der Waals surface area contributed by atoms with Gasteiger partial charge in [-0.05, 0) is 42.4 Å².